The van der Waals surface area contributed by atoms with Crippen molar-refractivity contribution in [3.8, 4) is 0 Å². The molecule has 1 aliphatic heterocycles. The van der Waals surface area contributed by atoms with Gasteiger partial charge < -0.3 is 10.2 Å². The molecule has 0 unspecified atom stereocenters. The van der Waals surface area contributed by atoms with Gasteiger partial charge in [0.15, 0.2) is 0 Å². The average molecular weight is 289 g/mol. The number of piperidine rings is 1. The summed E-state index contributed by atoms with van der Waals surface area (Å²) in [6.45, 7) is 13.3. The van der Waals surface area contributed by atoms with E-state index in [2.05, 4.69) is 50.0 Å². The van der Waals surface area contributed by atoms with Crippen LogP contribution < -0.4 is 10.2 Å². The lowest BCUT2D eigenvalue weighted by Gasteiger charge is -2.35. The van der Waals surface area contributed by atoms with Crippen molar-refractivity contribution in [1.29, 1.82) is 0 Å². The van der Waals surface area contributed by atoms with Crippen LogP contribution in [0.5, 0.6) is 0 Å². The molecule has 0 aromatic carbocycles. The fraction of sp³-hybridized carbons (Fsp3) is 0.722. The van der Waals surface area contributed by atoms with Crippen molar-refractivity contribution >= 4 is 5.82 Å². The number of rotatable bonds is 6. The van der Waals surface area contributed by atoms with Gasteiger partial charge in [-0.2, -0.15) is 0 Å². The molecule has 2 heterocycles. The molecule has 0 radical (unpaired) electrons. The van der Waals surface area contributed by atoms with Crippen LogP contribution in [0.1, 0.15) is 51.3 Å². The monoisotopic (exact) mass is 289 g/mol. The Hall–Kier alpha value is -1.09. The van der Waals surface area contributed by atoms with E-state index >= 15 is 0 Å². The first-order valence-corrected chi connectivity index (χ1v) is 8.53. The summed E-state index contributed by atoms with van der Waals surface area (Å²) in [4.78, 5) is 7.22. The Morgan fingerprint density at radius 1 is 1.29 bits per heavy atom. The van der Waals surface area contributed by atoms with Gasteiger partial charge in [-0.15, -0.1) is 0 Å². The largest absolute Gasteiger partial charge is 0.357 e. The predicted octanol–water partition coefficient (Wildman–Crippen LogP) is 3.76. The first-order valence-electron chi connectivity index (χ1n) is 8.53. The Labute approximate surface area is 130 Å². The van der Waals surface area contributed by atoms with Gasteiger partial charge in [-0.05, 0) is 62.3 Å². The molecule has 21 heavy (non-hydrogen) atoms. The van der Waals surface area contributed by atoms with Gasteiger partial charge >= 0.3 is 0 Å². The third-order valence-corrected chi connectivity index (χ3v) is 4.56. The van der Waals surface area contributed by atoms with Crippen molar-refractivity contribution < 1.29 is 0 Å². The molecule has 1 aromatic heterocycles. The van der Waals surface area contributed by atoms with E-state index in [1.807, 2.05) is 0 Å². The predicted molar refractivity (Wildman–Crippen MR) is 90.7 cm³/mol. The van der Waals surface area contributed by atoms with E-state index in [-0.39, 0.29) is 0 Å². The topological polar surface area (TPSA) is 28.2 Å². The maximum Gasteiger partial charge on any atom is 0.129 e. The zero-order valence-electron chi connectivity index (χ0n) is 14.2. The highest BCUT2D eigenvalue weighted by Gasteiger charge is 2.22. The summed E-state index contributed by atoms with van der Waals surface area (Å²) in [6.07, 6.45) is 3.78. The maximum absolute atomic E-state index is 4.75. The van der Waals surface area contributed by atoms with Crippen LogP contribution in [-0.2, 0) is 6.54 Å². The minimum absolute atomic E-state index is 0.812. The molecule has 0 aliphatic carbocycles. The number of hydrogen-bond acceptors (Lipinski definition) is 3. The molecule has 0 bridgehead atoms. The van der Waals surface area contributed by atoms with Crippen molar-refractivity contribution in [2.45, 2.75) is 53.5 Å². The van der Waals surface area contributed by atoms with E-state index in [9.17, 15) is 0 Å². The van der Waals surface area contributed by atoms with Crippen LogP contribution in [0.25, 0.3) is 0 Å². The highest BCUT2D eigenvalue weighted by Crippen LogP contribution is 2.27. The van der Waals surface area contributed by atoms with Gasteiger partial charge in [0.1, 0.15) is 5.82 Å². The van der Waals surface area contributed by atoms with Gasteiger partial charge in [-0.1, -0.05) is 20.8 Å². The van der Waals surface area contributed by atoms with E-state index in [1.54, 1.807) is 0 Å². The Kier molecular flexibility index (Phi) is 6.04. The molecule has 0 amide bonds. The third-order valence-electron chi connectivity index (χ3n) is 4.56. The molecule has 1 aromatic rings. The quantitative estimate of drug-likeness (QED) is 0.808. The molecule has 0 saturated carbocycles. The van der Waals surface area contributed by atoms with Crippen LogP contribution in [-0.4, -0.2) is 24.6 Å². The molecule has 3 heteroatoms. The molecule has 1 fully saturated rings. The number of hydrogen-bond donors (Lipinski definition) is 1. The molecule has 1 aliphatic rings. The molecular formula is C18H31N3. The van der Waals surface area contributed by atoms with E-state index in [1.165, 1.54) is 30.6 Å². The first-order chi connectivity index (χ1) is 10.1. The molecule has 3 nitrogen and oxygen atoms in total. The van der Waals surface area contributed by atoms with Gasteiger partial charge in [0.25, 0.3) is 0 Å². The fourth-order valence-corrected chi connectivity index (χ4v) is 3.19. The van der Waals surface area contributed by atoms with Gasteiger partial charge in [-0.25, -0.2) is 4.98 Å². The fourth-order valence-electron chi connectivity index (χ4n) is 3.19. The minimum atomic E-state index is 0.812. The van der Waals surface area contributed by atoms with Crippen LogP contribution in [0.3, 0.4) is 0 Å². The molecule has 2 rings (SSSR count). The maximum atomic E-state index is 4.75. The zero-order valence-corrected chi connectivity index (χ0v) is 14.2. The summed E-state index contributed by atoms with van der Waals surface area (Å²) in [7, 11) is 0. The molecular weight excluding hydrogens is 258 g/mol. The number of aryl methyl sites for hydroxylation is 1. The Balaban J connectivity index is 1.99. The zero-order chi connectivity index (χ0) is 15.2. The van der Waals surface area contributed by atoms with Crippen molar-refractivity contribution in [2.75, 3.05) is 24.5 Å². The van der Waals surface area contributed by atoms with E-state index in [4.69, 9.17) is 4.98 Å². The average Bonchev–Trinajstić information content (AvgIpc) is 2.47. The van der Waals surface area contributed by atoms with E-state index in [0.29, 0.717) is 0 Å². The highest BCUT2D eigenvalue weighted by molar-refractivity contribution is 5.43. The second-order valence-corrected chi connectivity index (χ2v) is 6.72. The first kappa shape index (κ1) is 16.3. The Bertz CT molecular complexity index is 434. The molecule has 0 atom stereocenters. The van der Waals surface area contributed by atoms with Crippen LogP contribution in [0.2, 0.25) is 0 Å². The van der Waals surface area contributed by atoms with Crippen molar-refractivity contribution in [1.82, 2.24) is 10.3 Å². The number of nitrogens with zero attached hydrogens (tertiary/aromatic N) is 2. The minimum Gasteiger partial charge on any atom is -0.357 e. The van der Waals surface area contributed by atoms with Crippen molar-refractivity contribution in [2.24, 2.45) is 11.8 Å². The lowest BCUT2D eigenvalue weighted by molar-refractivity contribution is 0.310. The summed E-state index contributed by atoms with van der Waals surface area (Å²) in [6, 6.07) is 4.47. The Morgan fingerprint density at radius 3 is 2.62 bits per heavy atom. The molecule has 0 spiro atoms. The van der Waals surface area contributed by atoms with Crippen LogP contribution >= 0.6 is 0 Å². The molecule has 1 saturated heterocycles. The van der Waals surface area contributed by atoms with Crippen LogP contribution in [0.4, 0.5) is 5.82 Å². The van der Waals surface area contributed by atoms with E-state index in [0.717, 1.165) is 43.7 Å². The lowest BCUT2D eigenvalue weighted by atomic mass is 9.87. The SMILES string of the molecule is CCCNCc1cc(C)nc(N2CCC(C(C)C)CC2)c1. The standard InChI is InChI=1S/C18H31N3/c1-5-8-19-13-16-11-15(4)20-18(12-16)21-9-6-17(7-10-21)14(2)3/h11-12,14,17,19H,5-10,13H2,1-4H3. The van der Waals surface area contributed by atoms with Crippen LogP contribution in [0.15, 0.2) is 12.1 Å². The van der Waals surface area contributed by atoms with Gasteiger partial charge in [0.05, 0.1) is 0 Å². The molecule has 1 N–H and O–H groups in total. The van der Waals surface area contributed by atoms with Crippen molar-refractivity contribution in [3.63, 3.8) is 0 Å². The summed E-state index contributed by atoms with van der Waals surface area (Å²) in [5.74, 6) is 2.87. The van der Waals surface area contributed by atoms with Gasteiger partial charge in [-0.3, -0.25) is 0 Å². The van der Waals surface area contributed by atoms with Gasteiger partial charge in [0.2, 0.25) is 0 Å². The summed E-state index contributed by atoms with van der Waals surface area (Å²) < 4.78 is 0. The normalized spacial score (nSPS) is 16.7. The number of nitrogens with one attached hydrogen (secondary N) is 1. The summed E-state index contributed by atoms with van der Waals surface area (Å²) >= 11 is 0. The van der Waals surface area contributed by atoms with E-state index < -0.39 is 0 Å². The number of pyridine rings is 1. The number of aromatic nitrogens is 1. The number of anilines is 1. The summed E-state index contributed by atoms with van der Waals surface area (Å²) in [5, 5.41) is 3.48. The summed E-state index contributed by atoms with van der Waals surface area (Å²) in [5.41, 5.74) is 2.49. The Morgan fingerprint density at radius 2 is 2.00 bits per heavy atom. The van der Waals surface area contributed by atoms with Gasteiger partial charge in [0, 0.05) is 25.3 Å². The second kappa shape index (κ2) is 7.79. The lowest BCUT2D eigenvalue weighted by Crippen LogP contribution is -2.35. The highest BCUT2D eigenvalue weighted by atomic mass is 15.2. The smallest absolute Gasteiger partial charge is 0.129 e. The van der Waals surface area contributed by atoms with Crippen LogP contribution in [0, 0.1) is 18.8 Å². The second-order valence-electron chi connectivity index (χ2n) is 6.72. The molecule has 118 valence electrons. The van der Waals surface area contributed by atoms with Crippen molar-refractivity contribution in [3.05, 3.63) is 23.4 Å². The third kappa shape index (κ3) is 4.70.